The van der Waals surface area contributed by atoms with Crippen LogP contribution >= 0.6 is 0 Å². The van der Waals surface area contributed by atoms with Crippen molar-refractivity contribution in [2.45, 2.75) is 105 Å². The first-order chi connectivity index (χ1) is 17.8. The van der Waals surface area contributed by atoms with Crippen LogP contribution in [0, 0.1) is 21.7 Å². The lowest BCUT2D eigenvalue weighted by Crippen LogP contribution is -2.51. The maximum atomic E-state index is 13.1. The van der Waals surface area contributed by atoms with Gasteiger partial charge < -0.3 is 20.1 Å². The highest BCUT2D eigenvalue weighted by molar-refractivity contribution is 5.91. The van der Waals surface area contributed by atoms with Gasteiger partial charge in [0.25, 0.3) is 0 Å². The average Bonchev–Trinajstić information content (AvgIpc) is 3.42. The van der Waals surface area contributed by atoms with E-state index < -0.39 is 12.1 Å². The number of rotatable bonds is 10. The molecule has 2 amide bonds. The number of esters is 1. The van der Waals surface area contributed by atoms with Crippen molar-refractivity contribution >= 4 is 23.5 Å². The molecule has 1 saturated carbocycles. The highest BCUT2D eigenvalue weighted by Gasteiger charge is 2.48. The van der Waals surface area contributed by atoms with E-state index in [1.807, 2.05) is 6.92 Å². The van der Waals surface area contributed by atoms with Gasteiger partial charge in [0.15, 0.2) is 0 Å². The molecule has 38 heavy (non-hydrogen) atoms. The second-order valence-electron chi connectivity index (χ2n) is 12.2. The predicted molar refractivity (Wildman–Crippen MR) is 145 cm³/mol. The number of nitrogens with one attached hydrogen (secondary N) is 1. The number of carbonyl (C=O) groups excluding carboxylic acids is 3. The van der Waals surface area contributed by atoms with E-state index in [1.165, 1.54) is 17.0 Å². The van der Waals surface area contributed by atoms with Crippen LogP contribution in [0.1, 0.15) is 85.6 Å². The third kappa shape index (κ3) is 6.53. The molecular formula is C29H43N3O6. The van der Waals surface area contributed by atoms with Crippen LogP contribution < -0.4 is 5.32 Å². The molecule has 2 fully saturated rings. The Morgan fingerprint density at radius 2 is 1.89 bits per heavy atom. The van der Waals surface area contributed by atoms with Crippen molar-refractivity contribution in [1.82, 2.24) is 10.2 Å². The fourth-order valence-electron chi connectivity index (χ4n) is 5.86. The fourth-order valence-corrected chi connectivity index (χ4v) is 5.86. The highest BCUT2D eigenvalue weighted by Crippen LogP contribution is 2.57. The lowest BCUT2D eigenvalue weighted by atomic mass is 9.66. The maximum Gasteiger partial charge on any atom is 0.329 e. The zero-order valence-electron chi connectivity index (χ0n) is 23.6. The Bertz CT molecular complexity index is 1050. The van der Waals surface area contributed by atoms with Gasteiger partial charge in [-0.05, 0) is 92.0 Å². The molecule has 1 saturated heterocycles. The minimum absolute atomic E-state index is 0.0801. The van der Waals surface area contributed by atoms with Crippen LogP contribution in [0.15, 0.2) is 23.4 Å². The minimum Gasteiger partial charge on any atom is -0.506 e. The van der Waals surface area contributed by atoms with Crippen molar-refractivity contribution < 1.29 is 24.2 Å². The quantitative estimate of drug-likeness (QED) is 0.324. The van der Waals surface area contributed by atoms with Gasteiger partial charge in [-0.15, -0.1) is 4.91 Å². The van der Waals surface area contributed by atoms with Crippen LogP contribution in [0.4, 0.5) is 5.69 Å². The second kappa shape index (κ2) is 11.8. The van der Waals surface area contributed by atoms with E-state index in [-0.39, 0.29) is 52.6 Å². The molecule has 0 radical (unpaired) electrons. The second-order valence-corrected chi connectivity index (χ2v) is 12.2. The molecule has 1 heterocycles. The minimum atomic E-state index is -0.790. The number of phenols is 1. The Labute approximate surface area is 225 Å². The van der Waals surface area contributed by atoms with Gasteiger partial charge in [-0.3, -0.25) is 9.59 Å². The van der Waals surface area contributed by atoms with Crippen molar-refractivity contribution in [1.29, 1.82) is 0 Å². The highest BCUT2D eigenvalue weighted by atomic mass is 16.5. The van der Waals surface area contributed by atoms with Gasteiger partial charge in [-0.2, -0.15) is 0 Å². The van der Waals surface area contributed by atoms with E-state index in [0.717, 1.165) is 19.3 Å². The number of aromatic hydroxyl groups is 1. The summed E-state index contributed by atoms with van der Waals surface area (Å²) in [5.41, 5.74) is 0.999. The molecule has 4 atom stereocenters. The summed E-state index contributed by atoms with van der Waals surface area (Å²) in [5.74, 6) is -0.745. The summed E-state index contributed by atoms with van der Waals surface area (Å²) < 4.78 is 5.85. The number of hydrogen-bond acceptors (Lipinski definition) is 7. The molecule has 210 valence electrons. The lowest BCUT2D eigenvalue weighted by molar-refractivity contribution is -0.158. The lowest BCUT2D eigenvalue weighted by Gasteiger charge is -2.40. The normalized spacial score (nSPS) is 23.5. The molecule has 1 aromatic rings. The van der Waals surface area contributed by atoms with E-state index in [2.05, 4.69) is 38.2 Å². The van der Waals surface area contributed by atoms with Gasteiger partial charge in [0.1, 0.15) is 23.5 Å². The molecule has 0 aromatic heterocycles. The van der Waals surface area contributed by atoms with Gasteiger partial charge in [-0.1, -0.05) is 33.8 Å². The number of benzene rings is 1. The first-order valence-corrected chi connectivity index (χ1v) is 13.7. The van der Waals surface area contributed by atoms with Crippen molar-refractivity contribution in [3.8, 4) is 5.75 Å². The van der Waals surface area contributed by atoms with Crippen LogP contribution in [-0.4, -0.2) is 52.5 Å². The third-order valence-electron chi connectivity index (χ3n) is 9.15. The van der Waals surface area contributed by atoms with Crippen LogP contribution in [0.2, 0.25) is 0 Å². The summed E-state index contributed by atoms with van der Waals surface area (Å²) >= 11 is 0. The number of likely N-dealkylation sites (tertiary alicyclic amines) is 1. The number of amides is 2. The zero-order valence-corrected chi connectivity index (χ0v) is 23.6. The Kier molecular flexibility index (Phi) is 9.21. The van der Waals surface area contributed by atoms with Gasteiger partial charge in [0.05, 0.1) is 6.10 Å². The van der Waals surface area contributed by atoms with Crippen LogP contribution in [0.3, 0.4) is 0 Å². The van der Waals surface area contributed by atoms with E-state index in [4.69, 9.17) is 4.74 Å². The van der Waals surface area contributed by atoms with Crippen molar-refractivity contribution in [3.05, 3.63) is 28.7 Å². The predicted octanol–water partition coefficient (Wildman–Crippen LogP) is 5.00. The molecule has 9 nitrogen and oxygen atoms in total. The standard InChI is InChI=1S/C29H43N3O6/c1-18(16-21-13-14-28(3,4)29(21,5)6)38-27(36)23-8-7-15-32(23)26(35)19(2)30-25(34)12-10-20-9-11-24(33)22(17-20)31-37/h9,11,17-19,21,23,33H,7-8,10,12-16H2,1-6H3,(H,30,34). The Morgan fingerprint density at radius 3 is 2.53 bits per heavy atom. The summed E-state index contributed by atoms with van der Waals surface area (Å²) in [6, 6.07) is 2.98. The number of hydrogen-bond donors (Lipinski definition) is 2. The van der Waals surface area contributed by atoms with Gasteiger partial charge in [0, 0.05) is 13.0 Å². The Balaban J connectivity index is 1.50. The molecule has 4 unspecified atom stereocenters. The molecule has 0 bridgehead atoms. The first kappa shape index (κ1) is 29.6. The van der Waals surface area contributed by atoms with E-state index >= 15 is 0 Å². The van der Waals surface area contributed by atoms with Gasteiger partial charge in [0.2, 0.25) is 11.8 Å². The molecular weight excluding hydrogens is 486 g/mol. The smallest absolute Gasteiger partial charge is 0.329 e. The molecule has 0 spiro atoms. The summed E-state index contributed by atoms with van der Waals surface area (Å²) in [5, 5.41) is 15.0. The molecule has 9 heteroatoms. The summed E-state index contributed by atoms with van der Waals surface area (Å²) in [6.07, 6.45) is 4.53. The van der Waals surface area contributed by atoms with Gasteiger partial charge in [-0.25, -0.2) is 4.79 Å². The van der Waals surface area contributed by atoms with Crippen molar-refractivity contribution in [2.24, 2.45) is 21.9 Å². The Hall–Kier alpha value is -2.97. The number of nitroso groups, excluding NO2 is 1. The number of carbonyl (C=O) groups is 3. The monoisotopic (exact) mass is 529 g/mol. The van der Waals surface area contributed by atoms with Crippen LogP contribution in [0.25, 0.3) is 0 Å². The zero-order chi connectivity index (χ0) is 28.3. The number of nitrogens with zero attached hydrogens (tertiary/aromatic N) is 2. The molecule has 2 N–H and O–H groups in total. The first-order valence-electron chi connectivity index (χ1n) is 13.7. The van der Waals surface area contributed by atoms with Crippen LogP contribution in [0.5, 0.6) is 5.75 Å². The van der Waals surface area contributed by atoms with Crippen LogP contribution in [-0.2, 0) is 25.5 Å². The van der Waals surface area contributed by atoms with Crippen molar-refractivity contribution in [2.75, 3.05) is 6.54 Å². The Morgan fingerprint density at radius 1 is 1.18 bits per heavy atom. The SMILES string of the molecule is CC(CC1CCC(C)(C)C1(C)C)OC(=O)C1CCCN1C(=O)C(C)NC(=O)CCc1ccc(O)c(N=O)c1. The topological polar surface area (TPSA) is 125 Å². The average molecular weight is 530 g/mol. The molecule has 1 aliphatic heterocycles. The molecule has 1 aromatic carbocycles. The largest absolute Gasteiger partial charge is 0.506 e. The van der Waals surface area contributed by atoms with E-state index in [0.29, 0.717) is 37.3 Å². The van der Waals surface area contributed by atoms with E-state index in [1.54, 1.807) is 13.0 Å². The summed E-state index contributed by atoms with van der Waals surface area (Å²) in [6.45, 7) is 13.2. The molecule has 2 aliphatic rings. The summed E-state index contributed by atoms with van der Waals surface area (Å²) in [4.78, 5) is 51.0. The fraction of sp³-hybridized carbons (Fsp3) is 0.690. The van der Waals surface area contributed by atoms with Crippen molar-refractivity contribution in [3.63, 3.8) is 0 Å². The number of phenolic OH excluding ortho intramolecular Hbond substituents is 1. The number of ether oxygens (including phenoxy) is 1. The van der Waals surface area contributed by atoms with E-state index in [9.17, 15) is 24.4 Å². The molecule has 3 rings (SSSR count). The third-order valence-corrected chi connectivity index (χ3v) is 9.15. The van der Waals surface area contributed by atoms with Gasteiger partial charge >= 0.3 is 5.97 Å². The molecule has 1 aliphatic carbocycles. The summed E-state index contributed by atoms with van der Waals surface area (Å²) in [7, 11) is 0. The maximum absolute atomic E-state index is 13.1. The number of aryl methyl sites for hydroxylation is 1.